The number of aromatic nitrogens is 2. The Hall–Kier alpha value is -2.08. The zero-order valence-electron chi connectivity index (χ0n) is 11.6. The Bertz CT molecular complexity index is 783. The van der Waals surface area contributed by atoms with Gasteiger partial charge >= 0.3 is 5.69 Å². The fourth-order valence-electron chi connectivity index (χ4n) is 1.99. The third-order valence-electron chi connectivity index (χ3n) is 2.97. The molecule has 0 aliphatic heterocycles. The van der Waals surface area contributed by atoms with E-state index in [4.69, 9.17) is 16.3 Å². The van der Waals surface area contributed by atoms with Gasteiger partial charge in [0.1, 0.15) is 5.15 Å². The molecular formula is C14H14ClFN2O3. The summed E-state index contributed by atoms with van der Waals surface area (Å²) in [6.07, 6.45) is 0.355. The normalized spacial score (nSPS) is 10.7. The molecule has 1 heterocycles. The topological polar surface area (TPSA) is 64.1 Å². The van der Waals surface area contributed by atoms with E-state index in [0.717, 1.165) is 10.6 Å². The number of nitrogens with zero attached hydrogens (tertiary/aromatic N) is 1. The summed E-state index contributed by atoms with van der Waals surface area (Å²) in [4.78, 5) is 26.6. The number of nitrogens with one attached hydrogen (secondary N) is 1. The van der Waals surface area contributed by atoms with Crippen LogP contribution in [0.15, 0.2) is 27.8 Å². The van der Waals surface area contributed by atoms with Gasteiger partial charge in [-0.3, -0.25) is 9.78 Å². The van der Waals surface area contributed by atoms with Crippen LogP contribution in [-0.2, 0) is 6.42 Å². The SMILES string of the molecule is CCOc1ccc(-n2c(=O)[nH]c(Cl)c(CC)c2=O)cc1F. The summed E-state index contributed by atoms with van der Waals surface area (Å²) in [6, 6.07) is 3.90. The van der Waals surface area contributed by atoms with E-state index in [1.807, 2.05) is 0 Å². The number of H-pyrrole nitrogens is 1. The zero-order valence-corrected chi connectivity index (χ0v) is 12.3. The Labute approximate surface area is 125 Å². The first-order chi connectivity index (χ1) is 9.99. The van der Waals surface area contributed by atoms with E-state index in [1.165, 1.54) is 12.1 Å². The van der Waals surface area contributed by atoms with Crippen LogP contribution < -0.4 is 16.0 Å². The summed E-state index contributed by atoms with van der Waals surface area (Å²) in [5, 5.41) is 0.00941. The van der Waals surface area contributed by atoms with Crippen LogP contribution in [0.4, 0.5) is 4.39 Å². The molecule has 0 unspecified atom stereocenters. The Morgan fingerprint density at radius 2 is 2.05 bits per heavy atom. The van der Waals surface area contributed by atoms with Gasteiger partial charge in [-0.15, -0.1) is 0 Å². The van der Waals surface area contributed by atoms with E-state index in [-0.39, 0.29) is 22.2 Å². The summed E-state index contributed by atoms with van der Waals surface area (Å²) in [6.45, 7) is 3.79. The molecule has 0 saturated carbocycles. The lowest BCUT2D eigenvalue weighted by molar-refractivity contribution is 0.321. The molecule has 0 amide bonds. The summed E-state index contributed by atoms with van der Waals surface area (Å²) < 4.78 is 19.8. The van der Waals surface area contributed by atoms with Crippen LogP contribution in [0.5, 0.6) is 5.75 Å². The minimum absolute atomic E-state index is 0.00941. The first-order valence-corrected chi connectivity index (χ1v) is 6.83. The Kier molecular flexibility index (Phi) is 4.47. The average Bonchev–Trinajstić information content (AvgIpc) is 2.42. The molecule has 2 rings (SSSR count). The van der Waals surface area contributed by atoms with E-state index < -0.39 is 17.1 Å². The summed E-state index contributed by atoms with van der Waals surface area (Å²) >= 11 is 5.83. The van der Waals surface area contributed by atoms with Gasteiger partial charge in [0.25, 0.3) is 5.56 Å². The number of aromatic amines is 1. The minimum Gasteiger partial charge on any atom is -0.491 e. The minimum atomic E-state index is -0.717. The molecule has 2 aromatic rings. The smallest absolute Gasteiger partial charge is 0.334 e. The maximum Gasteiger partial charge on any atom is 0.334 e. The van der Waals surface area contributed by atoms with Crippen molar-refractivity contribution in [3.63, 3.8) is 0 Å². The van der Waals surface area contributed by atoms with Gasteiger partial charge in [-0.2, -0.15) is 0 Å². The number of benzene rings is 1. The molecule has 5 nitrogen and oxygen atoms in total. The van der Waals surface area contributed by atoms with E-state index in [2.05, 4.69) is 4.98 Å². The van der Waals surface area contributed by atoms with Gasteiger partial charge in [0.15, 0.2) is 11.6 Å². The van der Waals surface area contributed by atoms with Crippen molar-refractivity contribution in [1.29, 1.82) is 0 Å². The molecule has 0 spiro atoms. The van der Waals surface area contributed by atoms with E-state index >= 15 is 0 Å². The molecule has 0 aliphatic rings. The van der Waals surface area contributed by atoms with Gasteiger partial charge in [-0.05, 0) is 25.5 Å². The molecule has 7 heteroatoms. The second-order valence-electron chi connectivity index (χ2n) is 4.26. The van der Waals surface area contributed by atoms with Crippen molar-refractivity contribution in [3.8, 4) is 11.4 Å². The maximum absolute atomic E-state index is 13.9. The van der Waals surface area contributed by atoms with Gasteiger partial charge in [0.05, 0.1) is 17.9 Å². The lowest BCUT2D eigenvalue weighted by atomic mass is 10.2. The summed E-state index contributed by atoms with van der Waals surface area (Å²) in [7, 11) is 0. The largest absolute Gasteiger partial charge is 0.491 e. The van der Waals surface area contributed by atoms with Crippen LogP contribution in [0.2, 0.25) is 5.15 Å². The molecule has 1 aromatic carbocycles. The predicted octanol–water partition coefficient (Wildman–Crippen LogP) is 2.28. The molecule has 0 aliphatic carbocycles. The molecule has 0 fully saturated rings. The Morgan fingerprint density at radius 3 is 2.62 bits per heavy atom. The number of hydrogen-bond acceptors (Lipinski definition) is 3. The number of rotatable bonds is 4. The highest BCUT2D eigenvalue weighted by molar-refractivity contribution is 6.30. The van der Waals surface area contributed by atoms with Crippen LogP contribution in [0.3, 0.4) is 0 Å². The molecule has 1 aromatic heterocycles. The van der Waals surface area contributed by atoms with E-state index in [9.17, 15) is 14.0 Å². The lowest BCUT2D eigenvalue weighted by Gasteiger charge is -2.10. The molecule has 1 N–H and O–H groups in total. The van der Waals surface area contributed by atoms with Crippen LogP contribution >= 0.6 is 11.6 Å². The molecule has 0 saturated heterocycles. The Morgan fingerprint density at radius 1 is 1.33 bits per heavy atom. The van der Waals surface area contributed by atoms with Crippen LogP contribution in [0, 0.1) is 5.82 Å². The van der Waals surface area contributed by atoms with Crippen LogP contribution in [-0.4, -0.2) is 16.2 Å². The van der Waals surface area contributed by atoms with Gasteiger partial charge in [0.2, 0.25) is 0 Å². The predicted molar refractivity (Wildman–Crippen MR) is 78.2 cm³/mol. The van der Waals surface area contributed by atoms with Crippen molar-refractivity contribution in [2.45, 2.75) is 20.3 Å². The lowest BCUT2D eigenvalue weighted by Crippen LogP contribution is -2.36. The molecule has 21 heavy (non-hydrogen) atoms. The van der Waals surface area contributed by atoms with Crippen molar-refractivity contribution >= 4 is 11.6 Å². The molecule has 0 bridgehead atoms. The molecule has 0 atom stereocenters. The number of hydrogen-bond donors (Lipinski definition) is 1. The second kappa shape index (κ2) is 6.13. The van der Waals surface area contributed by atoms with Crippen molar-refractivity contribution < 1.29 is 9.13 Å². The van der Waals surface area contributed by atoms with Gasteiger partial charge < -0.3 is 4.74 Å². The quantitative estimate of drug-likeness (QED) is 0.881. The summed E-state index contributed by atoms with van der Waals surface area (Å²) in [5.74, 6) is -0.580. The van der Waals surface area contributed by atoms with Crippen molar-refractivity contribution in [2.75, 3.05) is 6.61 Å². The highest BCUT2D eigenvalue weighted by Crippen LogP contribution is 2.19. The summed E-state index contributed by atoms with van der Waals surface area (Å²) in [5.41, 5.74) is -0.889. The van der Waals surface area contributed by atoms with Gasteiger partial charge in [-0.25, -0.2) is 13.8 Å². The van der Waals surface area contributed by atoms with Crippen molar-refractivity contribution in [1.82, 2.24) is 9.55 Å². The third kappa shape index (κ3) is 2.85. The first-order valence-electron chi connectivity index (χ1n) is 6.46. The molecule has 0 radical (unpaired) electrons. The number of ether oxygens (including phenoxy) is 1. The fourth-order valence-corrected chi connectivity index (χ4v) is 2.28. The molecule has 112 valence electrons. The molecular weight excluding hydrogens is 299 g/mol. The van der Waals surface area contributed by atoms with E-state index in [0.29, 0.717) is 13.0 Å². The van der Waals surface area contributed by atoms with Gasteiger partial charge in [-0.1, -0.05) is 18.5 Å². The third-order valence-corrected chi connectivity index (χ3v) is 3.30. The highest BCUT2D eigenvalue weighted by atomic mass is 35.5. The van der Waals surface area contributed by atoms with Crippen LogP contribution in [0.25, 0.3) is 5.69 Å². The highest BCUT2D eigenvalue weighted by Gasteiger charge is 2.14. The Balaban J connectivity index is 2.65. The monoisotopic (exact) mass is 312 g/mol. The maximum atomic E-state index is 13.9. The average molecular weight is 313 g/mol. The zero-order chi connectivity index (χ0) is 15.6. The van der Waals surface area contributed by atoms with Crippen molar-refractivity contribution in [3.05, 3.63) is 55.6 Å². The fraction of sp³-hybridized carbons (Fsp3) is 0.286. The first kappa shape index (κ1) is 15.3. The second-order valence-corrected chi connectivity index (χ2v) is 4.64. The van der Waals surface area contributed by atoms with Crippen molar-refractivity contribution in [2.24, 2.45) is 0 Å². The van der Waals surface area contributed by atoms with Crippen LogP contribution in [0.1, 0.15) is 19.4 Å². The number of halogens is 2. The van der Waals surface area contributed by atoms with E-state index in [1.54, 1.807) is 13.8 Å². The van der Waals surface area contributed by atoms with Gasteiger partial charge in [0, 0.05) is 6.07 Å². The standard InChI is InChI=1S/C14H14ClFN2O3/c1-3-9-12(15)17-14(20)18(13(9)19)8-5-6-11(21-4-2)10(16)7-8/h5-7H,3-4H2,1-2H3,(H,17,20).